The molecular formula is C22H24NNaO4S. The number of oxazole rings is 1. The normalized spacial score (nSPS) is 11.5. The average molecular weight is 421 g/mol. The van der Waals surface area contributed by atoms with E-state index in [4.69, 9.17) is 14.3 Å². The molecule has 0 fully saturated rings. The van der Waals surface area contributed by atoms with E-state index < -0.39 is 11.2 Å². The van der Waals surface area contributed by atoms with Crippen molar-refractivity contribution in [2.75, 3.05) is 6.61 Å². The van der Waals surface area contributed by atoms with Crippen molar-refractivity contribution in [3.8, 4) is 17.2 Å². The number of rotatable bonds is 9. The van der Waals surface area contributed by atoms with Gasteiger partial charge in [0.2, 0.25) is 5.89 Å². The predicted molar refractivity (Wildman–Crippen MR) is 112 cm³/mol. The number of carboxylic acids is 1. The van der Waals surface area contributed by atoms with Gasteiger partial charge in [-0.2, -0.15) is 0 Å². The van der Waals surface area contributed by atoms with Gasteiger partial charge in [0.15, 0.2) is 0 Å². The van der Waals surface area contributed by atoms with Crippen LogP contribution in [0, 0.1) is 6.92 Å². The summed E-state index contributed by atoms with van der Waals surface area (Å²) in [5, 5.41) is 8.54. The Morgan fingerprint density at radius 3 is 2.72 bits per heavy atom. The number of hydrogen-bond donors (Lipinski definition) is 1. The van der Waals surface area contributed by atoms with Crippen LogP contribution in [0.2, 0.25) is 0 Å². The summed E-state index contributed by atoms with van der Waals surface area (Å²) in [6, 6.07) is 17.6. The molecule has 0 aliphatic rings. The Morgan fingerprint density at radius 1 is 1.24 bits per heavy atom. The molecule has 0 spiro atoms. The Morgan fingerprint density at radius 2 is 2.00 bits per heavy atom. The van der Waals surface area contributed by atoms with Gasteiger partial charge in [-0.25, -0.2) is 4.98 Å². The van der Waals surface area contributed by atoms with Gasteiger partial charge in [0, 0.05) is 17.7 Å². The number of nitrogens with zero attached hydrogens (tertiary/aromatic N) is 1. The standard InChI is InChI=1S/C22H23NO4S.Na.H/c1-15-20(23-21(27-15)18-8-4-3-5-9-18)11-12-26-19-10-6-7-17(13-19)14-28-16(2)22(24)25;;/h3-10,13,16H,11-12,14H2,1-2H3,(H,24,25);;/q;+1;-1. The first kappa shape index (κ1) is 23.5. The molecule has 3 aromatic rings. The number of aliphatic carboxylic acids is 1. The van der Waals surface area contributed by atoms with Gasteiger partial charge in [-0.15, -0.1) is 11.8 Å². The summed E-state index contributed by atoms with van der Waals surface area (Å²) in [6.07, 6.45) is 0.650. The molecule has 1 atom stereocenters. The third kappa shape index (κ3) is 6.93. The number of aromatic nitrogens is 1. The average Bonchev–Trinajstić information content (AvgIpc) is 3.08. The predicted octanol–water partition coefficient (Wildman–Crippen LogP) is 2.09. The fraction of sp³-hybridized carbons (Fsp3) is 0.273. The molecule has 1 heterocycles. The van der Waals surface area contributed by atoms with Crippen LogP contribution in [0.4, 0.5) is 0 Å². The first-order valence-electron chi connectivity index (χ1n) is 9.11. The summed E-state index contributed by atoms with van der Waals surface area (Å²) in [4.78, 5) is 15.5. The van der Waals surface area contributed by atoms with Crippen LogP contribution in [0.1, 0.15) is 25.4 Å². The van der Waals surface area contributed by atoms with Gasteiger partial charge < -0.3 is 15.7 Å². The van der Waals surface area contributed by atoms with E-state index in [1.807, 2.05) is 61.5 Å². The molecule has 0 saturated heterocycles. The molecule has 148 valence electrons. The zero-order valence-corrected chi connectivity index (χ0v) is 19.7. The second-order valence-electron chi connectivity index (χ2n) is 6.43. The molecule has 1 aromatic heterocycles. The second kappa shape index (κ2) is 11.5. The molecule has 1 unspecified atom stereocenters. The Hall–Kier alpha value is -1.73. The molecule has 3 rings (SSSR count). The maximum atomic E-state index is 10.9. The van der Waals surface area contributed by atoms with E-state index >= 15 is 0 Å². The second-order valence-corrected chi connectivity index (χ2v) is 7.75. The molecule has 7 heteroatoms. The molecule has 2 aromatic carbocycles. The number of carboxylic acid groups (broad SMARTS) is 1. The zero-order chi connectivity index (χ0) is 19.9. The number of aryl methyl sites for hydroxylation is 1. The van der Waals surface area contributed by atoms with Crippen LogP contribution in [0.3, 0.4) is 0 Å². The van der Waals surface area contributed by atoms with Crippen LogP contribution in [0.25, 0.3) is 11.5 Å². The fourth-order valence-electron chi connectivity index (χ4n) is 2.65. The van der Waals surface area contributed by atoms with Crippen LogP contribution >= 0.6 is 11.8 Å². The minimum Gasteiger partial charge on any atom is -1.00 e. The van der Waals surface area contributed by atoms with E-state index in [1.165, 1.54) is 11.8 Å². The summed E-state index contributed by atoms with van der Waals surface area (Å²) < 4.78 is 11.6. The third-order valence-corrected chi connectivity index (χ3v) is 5.47. The van der Waals surface area contributed by atoms with Crippen molar-refractivity contribution in [1.82, 2.24) is 4.98 Å². The third-order valence-electron chi connectivity index (χ3n) is 4.27. The largest absolute Gasteiger partial charge is 1.00 e. The van der Waals surface area contributed by atoms with E-state index in [0.717, 1.165) is 28.3 Å². The SMILES string of the molecule is Cc1oc(-c2ccccc2)nc1CCOc1cccc(CSC(C)C(=O)O)c1.[H-].[Na+]. The first-order chi connectivity index (χ1) is 13.5. The van der Waals surface area contributed by atoms with Crippen molar-refractivity contribution >= 4 is 17.7 Å². The summed E-state index contributed by atoms with van der Waals surface area (Å²) in [6.45, 7) is 4.09. The Bertz CT molecular complexity index is 936. The van der Waals surface area contributed by atoms with Gasteiger partial charge in [-0.05, 0) is 43.7 Å². The quantitative estimate of drug-likeness (QED) is 0.534. The molecule has 0 radical (unpaired) electrons. The summed E-state index contributed by atoms with van der Waals surface area (Å²) in [5.74, 6) is 2.03. The van der Waals surface area contributed by atoms with Crippen molar-refractivity contribution in [1.29, 1.82) is 0 Å². The topological polar surface area (TPSA) is 72.6 Å². The van der Waals surface area contributed by atoms with Crippen molar-refractivity contribution in [2.24, 2.45) is 0 Å². The fourth-order valence-corrected chi connectivity index (χ4v) is 3.41. The first-order valence-corrected chi connectivity index (χ1v) is 10.2. The van der Waals surface area contributed by atoms with Gasteiger partial charge in [0.1, 0.15) is 11.5 Å². The molecule has 0 bridgehead atoms. The Kier molecular flexibility index (Phi) is 9.30. The molecule has 0 amide bonds. The van der Waals surface area contributed by atoms with Crippen molar-refractivity contribution < 1.29 is 50.0 Å². The van der Waals surface area contributed by atoms with E-state index in [2.05, 4.69) is 4.98 Å². The molecule has 0 aliphatic heterocycles. The van der Waals surface area contributed by atoms with Crippen LogP contribution in [0.5, 0.6) is 5.75 Å². The van der Waals surface area contributed by atoms with Gasteiger partial charge in [-0.3, -0.25) is 4.79 Å². The van der Waals surface area contributed by atoms with Crippen LogP contribution < -0.4 is 34.3 Å². The Balaban J connectivity index is 0.00000225. The molecule has 5 nitrogen and oxygen atoms in total. The number of hydrogen-bond acceptors (Lipinski definition) is 5. The van der Waals surface area contributed by atoms with E-state index in [0.29, 0.717) is 24.7 Å². The smallest absolute Gasteiger partial charge is 1.00 e. The van der Waals surface area contributed by atoms with Crippen molar-refractivity contribution in [3.05, 3.63) is 71.6 Å². The molecule has 0 saturated carbocycles. The van der Waals surface area contributed by atoms with Gasteiger partial charge in [-0.1, -0.05) is 30.3 Å². The molecular weight excluding hydrogens is 397 g/mol. The number of carbonyl (C=O) groups is 1. The number of ether oxygens (including phenoxy) is 1. The van der Waals surface area contributed by atoms with Crippen molar-refractivity contribution in [3.63, 3.8) is 0 Å². The summed E-state index contributed by atoms with van der Waals surface area (Å²) in [7, 11) is 0. The van der Waals surface area contributed by atoms with Gasteiger partial charge in [0.25, 0.3) is 0 Å². The van der Waals surface area contributed by atoms with E-state index in [1.54, 1.807) is 6.92 Å². The zero-order valence-electron chi connectivity index (χ0n) is 17.9. The maximum absolute atomic E-state index is 10.9. The minimum absolute atomic E-state index is 0. The minimum atomic E-state index is -0.796. The van der Waals surface area contributed by atoms with Gasteiger partial charge in [0.05, 0.1) is 17.6 Å². The number of benzene rings is 2. The van der Waals surface area contributed by atoms with E-state index in [-0.39, 0.29) is 31.0 Å². The monoisotopic (exact) mass is 421 g/mol. The van der Waals surface area contributed by atoms with Crippen molar-refractivity contribution in [2.45, 2.75) is 31.3 Å². The summed E-state index contributed by atoms with van der Waals surface area (Å²) >= 11 is 1.39. The van der Waals surface area contributed by atoms with Crippen LogP contribution in [-0.2, 0) is 17.0 Å². The van der Waals surface area contributed by atoms with Gasteiger partial charge >= 0.3 is 35.5 Å². The molecule has 29 heavy (non-hydrogen) atoms. The molecule has 0 aliphatic carbocycles. The molecule has 1 N–H and O–H groups in total. The van der Waals surface area contributed by atoms with E-state index in [9.17, 15) is 4.79 Å². The van der Waals surface area contributed by atoms with Crippen LogP contribution in [0.15, 0.2) is 59.0 Å². The summed E-state index contributed by atoms with van der Waals surface area (Å²) in [5.41, 5.74) is 2.89. The maximum Gasteiger partial charge on any atom is 1.00 e. The number of thioether (sulfide) groups is 1. The Labute approximate surface area is 198 Å². The van der Waals surface area contributed by atoms with Crippen LogP contribution in [-0.4, -0.2) is 27.9 Å².